The second-order valence-corrected chi connectivity index (χ2v) is 4.59. The third kappa shape index (κ3) is 6.00. The van der Waals surface area contributed by atoms with Crippen molar-refractivity contribution in [3.63, 3.8) is 0 Å². The molecular formula is C13H26N2O3. The molecule has 0 fully saturated rings. The van der Waals surface area contributed by atoms with Gasteiger partial charge in [0, 0.05) is 12.5 Å². The zero-order valence-corrected chi connectivity index (χ0v) is 11.9. The zero-order valence-electron chi connectivity index (χ0n) is 11.9. The molecular weight excluding hydrogens is 232 g/mol. The highest BCUT2D eigenvalue weighted by atomic mass is 16.4. The maximum absolute atomic E-state index is 11.7. The minimum absolute atomic E-state index is 0.176. The Morgan fingerprint density at radius 1 is 1.17 bits per heavy atom. The summed E-state index contributed by atoms with van der Waals surface area (Å²) in [6, 6.07) is 0. The van der Waals surface area contributed by atoms with Crippen LogP contribution in [0, 0.1) is 11.8 Å². The molecule has 2 N–H and O–H groups in total. The van der Waals surface area contributed by atoms with Gasteiger partial charge in [0.25, 0.3) is 0 Å². The van der Waals surface area contributed by atoms with Crippen LogP contribution < -0.4 is 5.32 Å². The predicted molar refractivity (Wildman–Crippen MR) is 71.4 cm³/mol. The molecule has 5 nitrogen and oxygen atoms in total. The predicted octanol–water partition coefficient (Wildman–Crippen LogP) is 1.19. The van der Waals surface area contributed by atoms with Gasteiger partial charge in [-0.1, -0.05) is 27.7 Å². The quantitative estimate of drug-likeness (QED) is 0.610. The van der Waals surface area contributed by atoms with Crippen molar-refractivity contribution in [2.24, 2.45) is 11.8 Å². The maximum Gasteiger partial charge on any atom is 0.307 e. The molecule has 0 bridgehead atoms. The fourth-order valence-electron chi connectivity index (χ4n) is 1.66. The third-order valence-electron chi connectivity index (χ3n) is 3.40. The van der Waals surface area contributed by atoms with Crippen molar-refractivity contribution in [1.29, 1.82) is 0 Å². The van der Waals surface area contributed by atoms with Gasteiger partial charge in [-0.15, -0.1) is 0 Å². The van der Waals surface area contributed by atoms with E-state index in [1.54, 1.807) is 13.8 Å². The highest BCUT2D eigenvalue weighted by molar-refractivity contribution is 5.84. The van der Waals surface area contributed by atoms with Gasteiger partial charge in [-0.3, -0.25) is 9.59 Å². The number of nitrogens with zero attached hydrogens (tertiary/aromatic N) is 1. The van der Waals surface area contributed by atoms with E-state index >= 15 is 0 Å². The fourth-order valence-corrected chi connectivity index (χ4v) is 1.66. The largest absolute Gasteiger partial charge is 0.481 e. The van der Waals surface area contributed by atoms with Crippen molar-refractivity contribution in [3.8, 4) is 0 Å². The standard InChI is InChI=1S/C13H26N2O3/c1-5-15(6-2)9-7-8-14-12(16)10(3)11(4)13(17)18/h10-11H,5-9H2,1-4H3,(H,14,16)(H,17,18). The molecule has 0 aromatic heterocycles. The van der Waals surface area contributed by atoms with Crippen LogP contribution in [0.4, 0.5) is 0 Å². The number of aliphatic carboxylic acids is 1. The molecule has 5 heteroatoms. The topological polar surface area (TPSA) is 69.6 Å². The van der Waals surface area contributed by atoms with Crippen LogP contribution in [0.15, 0.2) is 0 Å². The average molecular weight is 258 g/mol. The highest BCUT2D eigenvalue weighted by Gasteiger charge is 2.25. The molecule has 0 saturated carbocycles. The summed E-state index contributed by atoms with van der Waals surface area (Å²) in [5.41, 5.74) is 0. The van der Waals surface area contributed by atoms with Gasteiger partial charge in [-0.05, 0) is 26.1 Å². The lowest BCUT2D eigenvalue weighted by Crippen LogP contribution is -2.36. The van der Waals surface area contributed by atoms with Crippen LogP contribution in [0.3, 0.4) is 0 Å². The fraction of sp³-hybridized carbons (Fsp3) is 0.846. The van der Waals surface area contributed by atoms with E-state index in [2.05, 4.69) is 24.1 Å². The van der Waals surface area contributed by atoms with Crippen LogP contribution in [-0.2, 0) is 9.59 Å². The number of rotatable bonds is 9. The Balaban J connectivity index is 3.86. The molecule has 18 heavy (non-hydrogen) atoms. The molecule has 0 heterocycles. The van der Waals surface area contributed by atoms with Gasteiger partial charge in [0.2, 0.25) is 5.91 Å². The molecule has 0 spiro atoms. The van der Waals surface area contributed by atoms with E-state index in [9.17, 15) is 9.59 Å². The van der Waals surface area contributed by atoms with Crippen LogP contribution in [0.2, 0.25) is 0 Å². The van der Waals surface area contributed by atoms with Crippen molar-refractivity contribution in [2.75, 3.05) is 26.2 Å². The van der Waals surface area contributed by atoms with Crippen molar-refractivity contribution in [3.05, 3.63) is 0 Å². The molecule has 0 aliphatic rings. The Kier molecular flexibility index (Phi) is 8.37. The van der Waals surface area contributed by atoms with Gasteiger partial charge in [0.05, 0.1) is 5.92 Å². The third-order valence-corrected chi connectivity index (χ3v) is 3.40. The first-order chi connectivity index (χ1) is 8.43. The number of carbonyl (C=O) groups excluding carboxylic acids is 1. The van der Waals surface area contributed by atoms with Gasteiger partial charge in [0.15, 0.2) is 0 Å². The first-order valence-corrected chi connectivity index (χ1v) is 6.66. The van der Waals surface area contributed by atoms with E-state index in [1.807, 2.05) is 0 Å². The first-order valence-electron chi connectivity index (χ1n) is 6.66. The van der Waals surface area contributed by atoms with Crippen molar-refractivity contribution < 1.29 is 14.7 Å². The minimum Gasteiger partial charge on any atom is -0.481 e. The molecule has 0 aliphatic carbocycles. The van der Waals surface area contributed by atoms with Gasteiger partial charge in [-0.2, -0.15) is 0 Å². The number of hydrogen-bond donors (Lipinski definition) is 2. The minimum atomic E-state index is -0.930. The van der Waals surface area contributed by atoms with Crippen LogP contribution in [0.25, 0.3) is 0 Å². The number of nitrogens with one attached hydrogen (secondary N) is 1. The number of carboxylic acid groups (broad SMARTS) is 1. The van der Waals surface area contributed by atoms with Gasteiger partial charge in [0.1, 0.15) is 0 Å². The van der Waals surface area contributed by atoms with Gasteiger partial charge in [-0.25, -0.2) is 0 Å². The summed E-state index contributed by atoms with van der Waals surface area (Å²) in [7, 11) is 0. The summed E-state index contributed by atoms with van der Waals surface area (Å²) in [4.78, 5) is 24.7. The normalized spacial score (nSPS) is 14.3. The summed E-state index contributed by atoms with van der Waals surface area (Å²) in [6.45, 7) is 11.0. The van der Waals surface area contributed by atoms with Gasteiger partial charge >= 0.3 is 5.97 Å². The second-order valence-electron chi connectivity index (χ2n) is 4.59. The Bertz CT molecular complexity index is 265. The van der Waals surface area contributed by atoms with Crippen LogP contribution in [0.1, 0.15) is 34.1 Å². The van der Waals surface area contributed by atoms with Crippen molar-refractivity contribution in [1.82, 2.24) is 10.2 Å². The number of amides is 1. The maximum atomic E-state index is 11.7. The van der Waals surface area contributed by atoms with E-state index in [0.29, 0.717) is 6.54 Å². The Hall–Kier alpha value is -1.10. The lowest BCUT2D eigenvalue weighted by Gasteiger charge is -2.19. The van der Waals surface area contributed by atoms with E-state index in [-0.39, 0.29) is 5.91 Å². The van der Waals surface area contributed by atoms with Gasteiger partial charge < -0.3 is 15.3 Å². The smallest absolute Gasteiger partial charge is 0.307 e. The van der Waals surface area contributed by atoms with E-state index < -0.39 is 17.8 Å². The van der Waals surface area contributed by atoms with Crippen LogP contribution >= 0.6 is 0 Å². The summed E-state index contributed by atoms with van der Waals surface area (Å²) >= 11 is 0. The summed E-state index contributed by atoms with van der Waals surface area (Å²) in [5.74, 6) is -2.24. The molecule has 0 aliphatic heterocycles. The van der Waals surface area contributed by atoms with Crippen molar-refractivity contribution >= 4 is 11.9 Å². The van der Waals surface area contributed by atoms with Crippen LogP contribution in [0.5, 0.6) is 0 Å². The summed E-state index contributed by atoms with van der Waals surface area (Å²) in [5, 5.41) is 11.6. The molecule has 106 valence electrons. The molecule has 2 atom stereocenters. The SMILES string of the molecule is CCN(CC)CCCNC(=O)C(C)C(C)C(=O)O. The highest BCUT2D eigenvalue weighted by Crippen LogP contribution is 2.10. The summed E-state index contributed by atoms with van der Waals surface area (Å²) < 4.78 is 0. The molecule has 0 aromatic carbocycles. The van der Waals surface area contributed by atoms with E-state index in [1.165, 1.54) is 0 Å². The Labute approximate surface area is 110 Å². The van der Waals surface area contributed by atoms with E-state index in [4.69, 9.17) is 5.11 Å². The lowest BCUT2D eigenvalue weighted by molar-refractivity contribution is -0.146. The molecule has 0 radical (unpaired) electrons. The van der Waals surface area contributed by atoms with Crippen molar-refractivity contribution in [2.45, 2.75) is 34.1 Å². The molecule has 2 unspecified atom stereocenters. The van der Waals surface area contributed by atoms with E-state index in [0.717, 1.165) is 26.1 Å². The lowest BCUT2D eigenvalue weighted by atomic mass is 9.95. The Morgan fingerprint density at radius 2 is 1.72 bits per heavy atom. The molecule has 0 rings (SSSR count). The first kappa shape index (κ1) is 16.9. The Morgan fingerprint density at radius 3 is 2.17 bits per heavy atom. The molecule has 0 aromatic rings. The average Bonchev–Trinajstić information content (AvgIpc) is 2.36. The number of hydrogen-bond acceptors (Lipinski definition) is 3. The summed E-state index contributed by atoms with van der Waals surface area (Å²) in [6.07, 6.45) is 0.890. The molecule has 0 saturated heterocycles. The number of carbonyl (C=O) groups is 2. The second kappa shape index (κ2) is 8.91. The zero-order chi connectivity index (χ0) is 14.1. The molecule has 1 amide bonds. The number of carboxylic acids is 1. The van der Waals surface area contributed by atoms with Crippen LogP contribution in [-0.4, -0.2) is 48.1 Å². The monoisotopic (exact) mass is 258 g/mol.